The number of nitrogens with zero attached hydrogens (tertiary/aromatic N) is 1. The van der Waals surface area contributed by atoms with Gasteiger partial charge in [0.15, 0.2) is 0 Å². The number of nitriles is 1. The number of hydrogen-bond acceptors (Lipinski definition) is 2. The predicted molar refractivity (Wildman–Crippen MR) is 40.9 cm³/mol. The number of rotatable bonds is 2. The molecule has 0 amide bonds. The molecule has 0 saturated heterocycles. The van der Waals surface area contributed by atoms with Crippen molar-refractivity contribution in [1.82, 2.24) is 0 Å². The van der Waals surface area contributed by atoms with E-state index in [1.54, 1.807) is 6.07 Å². The monoisotopic (exact) mass is 199 g/mol. The number of halogens is 1. The van der Waals surface area contributed by atoms with E-state index in [-0.39, 0.29) is 0 Å². The first-order valence-corrected chi connectivity index (χ1v) is 4.03. The molecule has 0 saturated carbocycles. The molecule has 1 aromatic heterocycles. The summed E-state index contributed by atoms with van der Waals surface area (Å²) in [6.45, 7) is 0. The smallest absolute Gasteiger partial charge is 0.203 e. The van der Waals surface area contributed by atoms with Crippen LogP contribution >= 0.6 is 15.9 Å². The molecule has 1 heterocycles. The fourth-order valence-corrected chi connectivity index (χ4v) is 1.06. The molecule has 0 aliphatic carbocycles. The van der Waals surface area contributed by atoms with E-state index in [4.69, 9.17) is 9.68 Å². The first-order chi connectivity index (χ1) is 4.86. The Morgan fingerprint density at radius 3 is 2.90 bits per heavy atom. The average Bonchev–Trinajstić information content (AvgIpc) is 2.37. The van der Waals surface area contributed by atoms with Crippen molar-refractivity contribution in [2.75, 3.05) is 5.33 Å². The predicted octanol–water partition coefficient (Wildman–Crippen LogP) is 2.09. The molecule has 1 aromatic rings. The van der Waals surface area contributed by atoms with Crippen LogP contribution in [0.2, 0.25) is 0 Å². The second kappa shape index (κ2) is 3.43. The first-order valence-electron chi connectivity index (χ1n) is 2.91. The summed E-state index contributed by atoms with van der Waals surface area (Å²) in [6.07, 6.45) is 0.835. The highest BCUT2D eigenvalue weighted by atomic mass is 79.9. The van der Waals surface area contributed by atoms with Crippen molar-refractivity contribution in [3.8, 4) is 6.07 Å². The summed E-state index contributed by atoms with van der Waals surface area (Å²) in [4.78, 5) is 0. The fraction of sp³-hybridized carbons (Fsp3) is 0.286. The summed E-state index contributed by atoms with van der Waals surface area (Å²) in [7, 11) is 0. The Hall–Kier alpha value is -0.750. The van der Waals surface area contributed by atoms with Crippen molar-refractivity contribution < 1.29 is 4.42 Å². The van der Waals surface area contributed by atoms with E-state index >= 15 is 0 Å². The van der Waals surface area contributed by atoms with E-state index in [2.05, 4.69) is 15.9 Å². The van der Waals surface area contributed by atoms with Gasteiger partial charge in [0.05, 0.1) is 0 Å². The molecule has 0 fully saturated rings. The number of aryl methyl sites for hydroxylation is 1. The molecular weight excluding hydrogens is 194 g/mol. The summed E-state index contributed by atoms with van der Waals surface area (Å²) in [5.74, 6) is 1.24. The minimum atomic E-state index is 0.385. The SMILES string of the molecule is N#Cc1ccc(CCBr)o1. The van der Waals surface area contributed by atoms with Crippen LogP contribution in [-0.2, 0) is 6.42 Å². The van der Waals surface area contributed by atoms with Crippen LogP contribution in [0.3, 0.4) is 0 Å². The second-order valence-corrected chi connectivity index (χ2v) is 2.61. The zero-order valence-electron chi connectivity index (χ0n) is 5.30. The van der Waals surface area contributed by atoms with Gasteiger partial charge >= 0.3 is 0 Å². The van der Waals surface area contributed by atoms with Crippen LogP contribution in [-0.4, -0.2) is 5.33 Å². The standard InChI is InChI=1S/C7H6BrNO/c8-4-3-6-1-2-7(5-9)10-6/h1-2H,3-4H2. The molecule has 52 valence electrons. The van der Waals surface area contributed by atoms with Gasteiger partial charge in [-0.3, -0.25) is 0 Å². The van der Waals surface area contributed by atoms with Crippen LogP contribution in [0, 0.1) is 11.3 Å². The van der Waals surface area contributed by atoms with Crippen LogP contribution in [0.1, 0.15) is 11.5 Å². The van der Waals surface area contributed by atoms with Crippen LogP contribution in [0.15, 0.2) is 16.5 Å². The topological polar surface area (TPSA) is 36.9 Å². The maximum Gasteiger partial charge on any atom is 0.203 e. The van der Waals surface area contributed by atoms with Gasteiger partial charge in [-0.15, -0.1) is 0 Å². The normalized spacial score (nSPS) is 9.20. The second-order valence-electron chi connectivity index (χ2n) is 1.82. The van der Waals surface area contributed by atoms with Crippen molar-refractivity contribution in [2.45, 2.75) is 6.42 Å². The average molecular weight is 200 g/mol. The van der Waals surface area contributed by atoms with Crippen LogP contribution in [0.4, 0.5) is 0 Å². The summed E-state index contributed by atoms with van der Waals surface area (Å²) < 4.78 is 5.08. The van der Waals surface area contributed by atoms with Crippen molar-refractivity contribution in [1.29, 1.82) is 5.26 Å². The lowest BCUT2D eigenvalue weighted by Gasteiger charge is -1.86. The van der Waals surface area contributed by atoms with Crippen LogP contribution < -0.4 is 0 Å². The Labute approximate surface area is 67.6 Å². The summed E-state index contributed by atoms with van der Waals surface area (Å²) >= 11 is 3.27. The molecule has 2 nitrogen and oxygen atoms in total. The Bertz CT molecular complexity index is 248. The molecule has 0 atom stereocenters. The first kappa shape index (κ1) is 7.36. The zero-order valence-corrected chi connectivity index (χ0v) is 6.89. The molecule has 10 heavy (non-hydrogen) atoms. The fourth-order valence-electron chi connectivity index (χ4n) is 0.665. The molecule has 0 unspecified atom stereocenters. The van der Waals surface area contributed by atoms with E-state index in [1.807, 2.05) is 12.1 Å². The van der Waals surface area contributed by atoms with E-state index in [0.717, 1.165) is 17.5 Å². The summed E-state index contributed by atoms with van der Waals surface area (Å²) in [5.41, 5.74) is 0. The van der Waals surface area contributed by atoms with Crippen LogP contribution in [0.5, 0.6) is 0 Å². The van der Waals surface area contributed by atoms with Gasteiger partial charge in [-0.05, 0) is 12.1 Å². The van der Waals surface area contributed by atoms with Gasteiger partial charge in [0.1, 0.15) is 11.8 Å². The Morgan fingerprint density at radius 1 is 1.60 bits per heavy atom. The molecule has 1 rings (SSSR count). The largest absolute Gasteiger partial charge is 0.451 e. The van der Waals surface area contributed by atoms with Crippen molar-refractivity contribution >= 4 is 15.9 Å². The maximum atomic E-state index is 8.36. The van der Waals surface area contributed by atoms with Gasteiger partial charge in [0.2, 0.25) is 5.76 Å². The van der Waals surface area contributed by atoms with Gasteiger partial charge in [-0.25, -0.2) is 0 Å². The zero-order chi connectivity index (χ0) is 7.40. The Morgan fingerprint density at radius 2 is 2.40 bits per heavy atom. The van der Waals surface area contributed by atoms with E-state index in [0.29, 0.717) is 5.76 Å². The lowest BCUT2D eigenvalue weighted by atomic mass is 10.4. The van der Waals surface area contributed by atoms with E-state index in [1.165, 1.54) is 0 Å². The minimum absolute atomic E-state index is 0.385. The van der Waals surface area contributed by atoms with Gasteiger partial charge in [0, 0.05) is 11.8 Å². The summed E-state index contributed by atoms with van der Waals surface area (Å²) in [5, 5.41) is 9.23. The molecule has 0 radical (unpaired) electrons. The number of hydrogen-bond donors (Lipinski definition) is 0. The number of furan rings is 1. The van der Waals surface area contributed by atoms with E-state index < -0.39 is 0 Å². The quantitative estimate of drug-likeness (QED) is 0.685. The maximum absolute atomic E-state index is 8.36. The van der Waals surface area contributed by atoms with E-state index in [9.17, 15) is 0 Å². The highest BCUT2D eigenvalue weighted by Crippen LogP contribution is 2.07. The molecule has 0 spiro atoms. The van der Waals surface area contributed by atoms with Gasteiger partial charge in [0.25, 0.3) is 0 Å². The number of alkyl halides is 1. The Balaban J connectivity index is 2.71. The van der Waals surface area contributed by atoms with Crippen molar-refractivity contribution in [3.05, 3.63) is 23.7 Å². The highest BCUT2D eigenvalue weighted by molar-refractivity contribution is 9.09. The van der Waals surface area contributed by atoms with Gasteiger partial charge in [-0.2, -0.15) is 5.26 Å². The molecule has 0 bridgehead atoms. The third kappa shape index (κ3) is 1.61. The summed E-state index contributed by atoms with van der Waals surface area (Å²) in [6, 6.07) is 5.42. The third-order valence-corrected chi connectivity index (χ3v) is 1.51. The molecule has 0 aliphatic heterocycles. The van der Waals surface area contributed by atoms with Crippen molar-refractivity contribution in [3.63, 3.8) is 0 Å². The molecular formula is C7H6BrNO. The van der Waals surface area contributed by atoms with Crippen LogP contribution in [0.25, 0.3) is 0 Å². The minimum Gasteiger partial charge on any atom is -0.451 e. The third-order valence-electron chi connectivity index (χ3n) is 1.11. The molecule has 3 heteroatoms. The molecule has 0 N–H and O–H groups in total. The molecule has 0 aromatic carbocycles. The molecule has 0 aliphatic rings. The van der Waals surface area contributed by atoms with Gasteiger partial charge < -0.3 is 4.42 Å². The lowest BCUT2D eigenvalue weighted by molar-refractivity contribution is 0.505. The highest BCUT2D eigenvalue weighted by Gasteiger charge is 1.98. The van der Waals surface area contributed by atoms with Gasteiger partial charge in [-0.1, -0.05) is 15.9 Å². The lowest BCUT2D eigenvalue weighted by Crippen LogP contribution is -1.78. The van der Waals surface area contributed by atoms with Crippen molar-refractivity contribution in [2.24, 2.45) is 0 Å². The Kier molecular flexibility index (Phi) is 2.52.